The van der Waals surface area contributed by atoms with Crippen molar-refractivity contribution < 1.29 is 9.90 Å². The van der Waals surface area contributed by atoms with Crippen LogP contribution in [0.25, 0.3) is 0 Å². The quantitative estimate of drug-likeness (QED) is 0.855. The zero-order valence-corrected chi connectivity index (χ0v) is 10.4. The zero-order valence-electron chi connectivity index (χ0n) is 9.57. The van der Waals surface area contributed by atoms with Gasteiger partial charge < -0.3 is 10.0 Å². The SMILES string of the molecule is Cc1cc(C(=O)N(C)C(C)CO)c(C)s1. The van der Waals surface area contributed by atoms with Gasteiger partial charge in [-0.2, -0.15) is 0 Å². The van der Waals surface area contributed by atoms with Gasteiger partial charge in [0.1, 0.15) is 0 Å². The number of thiophene rings is 1. The number of rotatable bonds is 3. The summed E-state index contributed by atoms with van der Waals surface area (Å²) in [4.78, 5) is 15.8. The van der Waals surface area contributed by atoms with Crippen molar-refractivity contribution in [3.05, 3.63) is 21.4 Å². The lowest BCUT2D eigenvalue weighted by molar-refractivity contribution is 0.0682. The Morgan fingerprint density at radius 2 is 2.20 bits per heavy atom. The summed E-state index contributed by atoms with van der Waals surface area (Å²) in [6.07, 6.45) is 0. The first-order chi connectivity index (χ1) is 6.97. The number of aliphatic hydroxyl groups excluding tert-OH is 1. The minimum atomic E-state index is -0.142. The number of carbonyl (C=O) groups excluding carboxylic acids is 1. The Kier molecular flexibility index (Phi) is 3.88. The predicted molar refractivity (Wildman–Crippen MR) is 62.4 cm³/mol. The third kappa shape index (κ3) is 2.58. The summed E-state index contributed by atoms with van der Waals surface area (Å²) in [5, 5.41) is 8.98. The molecule has 1 amide bonds. The minimum Gasteiger partial charge on any atom is -0.394 e. The summed E-state index contributed by atoms with van der Waals surface area (Å²) in [7, 11) is 1.72. The van der Waals surface area contributed by atoms with Gasteiger partial charge in [0.2, 0.25) is 0 Å². The molecule has 0 bridgehead atoms. The summed E-state index contributed by atoms with van der Waals surface area (Å²) in [6, 6.07) is 1.76. The van der Waals surface area contributed by atoms with Crippen LogP contribution in [0.15, 0.2) is 6.07 Å². The van der Waals surface area contributed by atoms with Crippen LogP contribution in [0.4, 0.5) is 0 Å². The predicted octanol–water partition coefficient (Wildman–Crippen LogP) is 1.82. The van der Waals surface area contributed by atoms with E-state index in [-0.39, 0.29) is 18.6 Å². The maximum absolute atomic E-state index is 12.0. The number of likely N-dealkylation sites (N-methyl/N-ethyl adjacent to an activating group) is 1. The van der Waals surface area contributed by atoms with E-state index in [0.717, 1.165) is 15.3 Å². The van der Waals surface area contributed by atoms with E-state index in [2.05, 4.69) is 0 Å². The maximum Gasteiger partial charge on any atom is 0.255 e. The molecule has 1 N–H and O–H groups in total. The van der Waals surface area contributed by atoms with Gasteiger partial charge in [0.15, 0.2) is 0 Å². The molecule has 0 spiro atoms. The fourth-order valence-electron chi connectivity index (χ4n) is 1.36. The molecule has 0 aliphatic carbocycles. The largest absolute Gasteiger partial charge is 0.394 e. The van der Waals surface area contributed by atoms with Crippen LogP contribution in [0.5, 0.6) is 0 Å². The number of hydrogen-bond acceptors (Lipinski definition) is 3. The van der Waals surface area contributed by atoms with Crippen LogP contribution in [0.1, 0.15) is 27.0 Å². The second-order valence-electron chi connectivity index (χ2n) is 3.77. The second kappa shape index (κ2) is 4.77. The highest BCUT2D eigenvalue weighted by Crippen LogP contribution is 2.22. The highest BCUT2D eigenvalue weighted by atomic mass is 32.1. The molecule has 0 radical (unpaired) electrons. The highest BCUT2D eigenvalue weighted by Gasteiger charge is 2.19. The molecule has 1 unspecified atom stereocenters. The standard InChI is InChI=1S/C11H17NO2S/c1-7(6-13)12(4)11(14)10-5-8(2)15-9(10)3/h5,7,13H,6H2,1-4H3. The maximum atomic E-state index is 12.0. The van der Waals surface area contributed by atoms with Crippen molar-refractivity contribution in [1.29, 1.82) is 0 Å². The minimum absolute atomic E-state index is 0.00952. The average Bonchev–Trinajstić information content (AvgIpc) is 2.54. The van der Waals surface area contributed by atoms with E-state index in [1.807, 2.05) is 26.8 Å². The van der Waals surface area contributed by atoms with Crippen LogP contribution in [-0.4, -0.2) is 35.6 Å². The van der Waals surface area contributed by atoms with Crippen molar-refractivity contribution in [3.63, 3.8) is 0 Å². The molecule has 1 atom stereocenters. The first-order valence-electron chi connectivity index (χ1n) is 4.92. The van der Waals surface area contributed by atoms with Crippen molar-refractivity contribution in [3.8, 4) is 0 Å². The molecule has 0 saturated heterocycles. The second-order valence-corrected chi connectivity index (χ2v) is 5.24. The van der Waals surface area contributed by atoms with E-state index in [1.54, 1.807) is 23.3 Å². The monoisotopic (exact) mass is 227 g/mol. The van der Waals surface area contributed by atoms with Gasteiger partial charge in [0.25, 0.3) is 5.91 Å². The molecule has 4 heteroatoms. The van der Waals surface area contributed by atoms with Gasteiger partial charge in [-0.25, -0.2) is 0 Å². The summed E-state index contributed by atoms with van der Waals surface area (Å²) >= 11 is 1.62. The summed E-state index contributed by atoms with van der Waals surface area (Å²) in [5.41, 5.74) is 0.750. The Balaban J connectivity index is 2.89. The van der Waals surface area contributed by atoms with Crippen molar-refractivity contribution in [2.45, 2.75) is 26.8 Å². The fourth-order valence-corrected chi connectivity index (χ4v) is 2.27. The summed E-state index contributed by atoms with van der Waals surface area (Å²) in [6.45, 7) is 5.75. The lowest BCUT2D eigenvalue weighted by Gasteiger charge is -2.23. The molecule has 1 aromatic heterocycles. The van der Waals surface area contributed by atoms with Crippen LogP contribution in [0, 0.1) is 13.8 Å². The van der Waals surface area contributed by atoms with Gasteiger partial charge in [-0.05, 0) is 26.8 Å². The van der Waals surface area contributed by atoms with Gasteiger partial charge in [-0.15, -0.1) is 11.3 Å². The molecule has 1 rings (SSSR count). The van der Waals surface area contributed by atoms with Gasteiger partial charge in [-0.1, -0.05) is 0 Å². The lowest BCUT2D eigenvalue weighted by Crippen LogP contribution is -2.37. The Morgan fingerprint density at radius 3 is 2.60 bits per heavy atom. The fraction of sp³-hybridized carbons (Fsp3) is 0.545. The Bertz CT molecular complexity index is 359. The first-order valence-corrected chi connectivity index (χ1v) is 5.74. The molecule has 1 aromatic rings. The van der Waals surface area contributed by atoms with Gasteiger partial charge in [-0.3, -0.25) is 4.79 Å². The molecule has 84 valence electrons. The molecular weight excluding hydrogens is 210 g/mol. The topological polar surface area (TPSA) is 40.5 Å². The van der Waals surface area contributed by atoms with Crippen LogP contribution in [0.2, 0.25) is 0 Å². The number of aryl methyl sites for hydroxylation is 2. The molecule has 0 aliphatic heterocycles. The van der Waals surface area contributed by atoms with E-state index in [1.165, 1.54) is 0 Å². The number of nitrogens with zero attached hydrogens (tertiary/aromatic N) is 1. The Morgan fingerprint density at radius 1 is 1.60 bits per heavy atom. The number of aliphatic hydroxyl groups is 1. The molecule has 0 aromatic carbocycles. The molecule has 15 heavy (non-hydrogen) atoms. The molecule has 3 nitrogen and oxygen atoms in total. The van der Waals surface area contributed by atoms with E-state index in [0.29, 0.717) is 0 Å². The van der Waals surface area contributed by atoms with E-state index >= 15 is 0 Å². The third-order valence-corrected chi connectivity index (χ3v) is 3.48. The highest BCUT2D eigenvalue weighted by molar-refractivity contribution is 7.12. The molecule has 1 heterocycles. The van der Waals surface area contributed by atoms with Crippen molar-refractivity contribution in [2.24, 2.45) is 0 Å². The molecule has 0 fully saturated rings. The lowest BCUT2D eigenvalue weighted by atomic mass is 10.2. The number of hydrogen-bond donors (Lipinski definition) is 1. The molecule has 0 saturated carbocycles. The van der Waals surface area contributed by atoms with Gasteiger partial charge in [0.05, 0.1) is 18.2 Å². The first kappa shape index (κ1) is 12.2. The molecule has 0 aliphatic rings. The normalized spacial score (nSPS) is 12.6. The summed E-state index contributed by atoms with van der Waals surface area (Å²) in [5.74, 6) is -0.0154. The van der Waals surface area contributed by atoms with Gasteiger partial charge in [0, 0.05) is 16.8 Å². The van der Waals surface area contributed by atoms with E-state index in [9.17, 15) is 4.79 Å². The third-order valence-electron chi connectivity index (χ3n) is 2.52. The van der Waals surface area contributed by atoms with Crippen molar-refractivity contribution >= 4 is 17.2 Å². The van der Waals surface area contributed by atoms with Crippen molar-refractivity contribution in [1.82, 2.24) is 4.90 Å². The van der Waals surface area contributed by atoms with Crippen LogP contribution in [-0.2, 0) is 0 Å². The van der Waals surface area contributed by atoms with Gasteiger partial charge >= 0.3 is 0 Å². The Labute approximate surface area is 94.3 Å². The van der Waals surface area contributed by atoms with Crippen LogP contribution < -0.4 is 0 Å². The van der Waals surface area contributed by atoms with E-state index < -0.39 is 0 Å². The molecular formula is C11H17NO2S. The van der Waals surface area contributed by atoms with Crippen LogP contribution in [0.3, 0.4) is 0 Å². The summed E-state index contributed by atoms with van der Waals surface area (Å²) < 4.78 is 0. The number of carbonyl (C=O) groups is 1. The smallest absolute Gasteiger partial charge is 0.255 e. The van der Waals surface area contributed by atoms with E-state index in [4.69, 9.17) is 5.11 Å². The van der Waals surface area contributed by atoms with Crippen LogP contribution >= 0.6 is 11.3 Å². The Hall–Kier alpha value is -0.870. The number of amides is 1. The zero-order chi connectivity index (χ0) is 11.6. The average molecular weight is 227 g/mol. The van der Waals surface area contributed by atoms with Crippen molar-refractivity contribution in [2.75, 3.05) is 13.7 Å².